The third-order valence-corrected chi connectivity index (χ3v) is 5.78. The Morgan fingerprint density at radius 2 is 1.66 bits per heavy atom. The predicted molar refractivity (Wildman–Crippen MR) is 138 cm³/mol. The first kappa shape index (κ1) is 27.7. The van der Waals surface area contributed by atoms with Crippen molar-refractivity contribution in [2.75, 3.05) is 31.3 Å². The van der Waals surface area contributed by atoms with Gasteiger partial charge in [0.2, 0.25) is 5.95 Å². The number of aromatic nitrogens is 4. The van der Waals surface area contributed by atoms with E-state index >= 15 is 0 Å². The molecule has 0 radical (unpaired) electrons. The van der Waals surface area contributed by atoms with Crippen molar-refractivity contribution in [1.82, 2.24) is 19.9 Å². The van der Waals surface area contributed by atoms with Gasteiger partial charge in [-0.05, 0) is 31.7 Å². The number of nitrogen functional groups attached to an aromatic ring is 1. The molecular weight excluding hydrogens is 420 g/mol. The number of fused-ring (bicyclic) bond motifs is 1. The zero-order chi connectivity index (χ0) is 24.3. The number of anilines is 2. The van der Waals surface area contributed by atoms with Crippen LogP contribution in [-0.4, -0.2) is 40.2 Å². The summed E-state index contributed by atoms with van der Waals surface area (Å²) in [6.07, 6.45) is 3.04. The van der Waals surface area contributed by atoms with Crippen LogP contribution in [0.2, 0.25) is 0 Å². The van der Waals surface area contributed by atoms with E-state index in [2.05, 4.69) is 66.8 Å². The second-order valence-electron chi connectivity index (χ2n) is 8.27. The molecule has 0 spiro atoms. The molecule has 178 valence electrons. The quantitative estimate of drug-likeness (QED) is 0.427. The van der Waals surface area contributed by atoms with Crippen LogP contribution in [0.4, 0.5) is 11.8 Å². The molecule has 3 rings (SSSR count). The van der Waals surface area contributed by atoms with Gasteiger partial charge in [0.15, 0.2) is 0 Å². The summed E-state index contributed by atoms with van der Waals surface area (Å²) in [5.74, 6) is 2.62. The van der Waals surface area contributed by atoms with E-state index in [1.54, 1.807) is 24.6 Å². The molecule has 0 saturated carbocycles. The third-order valence-electron chi connectivity index (χ3n) is 4.74. The zero-order valence-corrected chi connectivity index (χ0v) is 21.9. The number of thiazole rings is 1. The fraction of sp³-hybridized carbons (Fsp3) is 0.583. The van der Waals surface area contributed by atoms with Gasteiger partial charge in [-0.1, -0.05) is 48.0 Å². The molecule has 0 amide bonds. The van der Waals surface area contributed by atoms with E-state index in [1.807, 2.05) is 19.9 Å². The number of methoxy groups -OCH3 is 1. The lowest BCUT2D eigenvalue weighted by atomic mass is 10.0. The van der Waals surface area contributed by atoms with E-state index in [0.29, 0.717) is 24.9 Å². The highest BCUT2D eigenvalue weighted by Gasteiger charge is 2.16. The summed E-state index contributed by atoms with van der Waals surface area (Å²) in [4.78, 5) is 17.7. The number of nitrogens with two attached hydrogens (primary N) is 1. The Morgan fingerprint density at radius 3 is 2.16 bits per heavy atom. The van der Waals surface area contributed by atoms with Crippen LogP contribution in [0.25, 0.3) is 20.8 Å². The third kappa shape index (κ3) is 8.31. The van der Waals surface area contributed by atoms with Crippen LogP contribution in [0.5, 0.6) is 0 Å². The van der Waals surface area contributed by atoms with Crippen molar-refractivity contribution >= 4 is 33.3 Å². The summed E-state index contributed by atoms with van der Waals surface area (Å²) < 4.78 is 6.08. The number of hydrogen-bond donors (Lipinski definition) is 2. The molecule has 0 saturated heterocycles. The van der Waals surface area contributed by atoms with Crippen LogP contribution < -0.4 is 11.1 Å². The van der Waals surface area contributed by atoms with Crippen LogP contribution in [-0.2, 0) is 4.74 Å². The summed E-state index contributed by atoms with van der Waals surface area (Å²) in [6, 6.07) is 1.95. The smallest absolute Gasteiger partial charge is 0.224 e. The molecule has 32 heavy (non-hydrogen) atoms. The van der Waals surface area contributed by atoms with Crippen molar-refractivity contribution in [2.24, 2.45) is 11.8 Å². The highest BCUT2D eigenvalue weighted by atomic mass is 32.1. The van der Waals surface area contributed by atoms with Crippen molar-refractivity contribution in [3.05, 3.63) is 23.7 Å². The molecule has 3 aromatic heterocycles. The maximum absolute atomic E-state index is 6.15. The van der Waals surface area contributed by atoms with Gasteiger partial charge in [-0.3, -0.25) is 4.98 Å². The van der Waals surface area contributed by atoms with Crippen LogP contribution in [0.15, 0.2) is 12.3 Å². The Bertz CT molecular complexity index is 926. The topological polar surface area (TPSA) is 98.8 Å². The number of pyridine rings is 1. The number of hydrogen-bond acceptors (Lipinski definition) is 8. The molecule has 0 aliphatic heterocycles. The maximum Gasteiger partial charge on any atom is 0.224 e. The minimum Gasteiger partial charge on any atom is -0.383 e. The van der Waals surface area contributed by atoms with Crippen molar-refractivity contribution in [3.8, 4) is 10.6 Å². The van der Waals surface area contributed by atoms with Crippen molar-refractivity contribution in [2.45, 2.75) is 61.8 Å². The maximum atomic E-state index is 6.15. The number of ether oxygens (including phenoxy) is 1. The summed E-state index contributed by atoms with van der Waals surface area (Å²) in [5, 5.41) is 3.90. The first-order valence-electron chi connectivity index (χ1n) is 11.2. The van der Waals surface area contributed by atoms with Crippen LogP contribution >= 0.6 is 11.3 Å². The lowest BCUT2D eigenvalue weighted by molar-refractivity contribution is 0.210. The van der Waals surface area contributed by atoms with Gasteiger partial charge < -0.3 is 15.8 Å². The first-order chi connectivity index (χ1) is 15.2. The van der Waals surface area contributed by atoms with Crippen molar-refractivity contribution in [3.63, 3.8) is 0 Å². The van der Waals surface area contributed by atoms with Gasteiger partial charge in [0.05, 0.1) is 28.3 Å². The fourth-order valence-corrected chi connectivity index (χ4v) is 3.41. The van der Waals surface area contributed by atoms with E-state index in [4.69, 9.17) is 10.5 Å². The molecular formula is C24H40N6OS. The molecule has 7 nitrogen and oxygen atoms in total. The van der Waals surface area contributed by atoms with Gasteiger partial charge >= 0.3 is 0 Å². The molecule has 3 N–H and O–H groups in total. The Kier molecular flexibility index (Phi) is 12.1. The minimum atomic E-state index is 0.419. The molecule has 0 bridgehead atoms. The predicted octanol–water partition coefficient (Wildman–Crippen LogP) is 6.12. The number of aryl methyl sites for hydroxylation is 2. The highest BCUT2D eigenvalue weighted by molar-refractivity contribution is 7.21. The van der Waals surface area contributed by atoms with Crippen molar-refractivity contribution in [1.29, 1.82) is 0 Å². The van der Waals surface area contributed by atoms with Crippen LogP contribution in [0.3, 0.4) is 0 Å². The molecule has 0 aromatic carbocycles. The van der Waals surface area contributed by atoms with Gasteiger partial charge in [-0.15, -0.1) is 11.3 Å². The van der Waals surface area contributed by atoms with Crippen LogP contribution in [0.1, 0.15) is 59.4 Å². The van der Waals surface area contributed by atoms with E-state index in [-0.39, 0.29) is 0 Å². The normalized spacial score (nSPS) is 10.6. The summed E-state index contributed by atoms with van der Waals surface area (Å²) in [5.41, 5.74) is 9.52. The molecule has 0 fully saturated rings. The summed E-state index contributed by atoms with van der Waals surface area (Å²) in [7, 11) is 1.65. The SMILES string of the molecule is CC(C)C(C)C.CCC.COCCNc1nc(C)c(-c2nc3c(C)nccc3s2)c(N)n1. The Labute approximate surface area is 197 Å². The van der Waals surface area contributed by atoms with Gasteiger partial charge in [0.1, 0.15) is 16.3 Å². The summed E-state index contributed by atoms with van der Waals surface area (Å²) >= 11 is 1.57. The zero-order valence-electron chi connectivity index (χ0n) is 21.1. The Balaban J connectivity index is 0.000000486. The van der Waals surface area contributed by atoms with Gasteiger partial charge in [-0.2, -0.15) is 4.98 Å². The minimum absolute atomic E-state index is 0.419. The molecule has 0 unspecified atom stereocenters. The largest absolute Gasteiger partial charge is 0.383 e. The van der Waals surface area contributed by atoms with E-state index in [1.165, 1.54) is 6.42 Å². The molecule has 3 heterocycles. The molecule has 8 heteroatoms. The lowest BCUT2D eigenvalue weighted by Crippen LogP contribution is -2.12. The fourth-order valence-electron chi connectivity index (χ4n) is 2.29. The molecule has 3 aromatic rings. The van der Waals surface area contributed by atoms with Crippen LogP contribution in [0, 0.1) is 25.7 Å². The number of nitrogens with one attached hydrogen (secondary N) is 1. The van der Waals surface area contributed by atoms with Gasteiger partial charge in [-0.25, -0.2) is 9.97 Å². The van der Waals surface area contributed by atoms with E-state index in [9.17, 15) is 0 Å². The molecule has 0 aliphatic carbocycles. The van der Waals surface area contributed by atoms with Crippen molar-refractivity contribution < 1.29 is 4.74 Å². The Morgan fingerprint density at radius 1 is 1.03 bits per heavy atom. The number of nitrogens with zero attached hydrogens (tertiary/aromatic N) is 4. The monoisotopic (exact) mass is 460 g/mol. The van der Waals surface area contributed by atoms with E-state index < -0.39 is 0 Å². The first-order valence-corrected chi connectivity index (χ1v) is 12.1. The molecule has 0 atom stereocenters. The number of rotatable bonds is 6. The molecule has 0 aliphatic rings. The second-order valence-corrected chi connectivity index (χ2v) is 9.30. The highest BCUT2D eigenvalue weighted by Crippen LogP contribution is 2.35. The Hall–Kier alpha value is -2.32. The van der Waals surface area contributed by atoms with Gasteiger partial charge in [0.25, 0.3) is 0 Å². The second kappa shape index (κ2) is 14.0. The van der Waals surface area contributed by atoms with E-state index in [0.717, 1.165) is 44.0 Å². The average Bonchev–Trinajstić information content (AvgIpc) is 3.14. The van der Waals surface area contributed by atoms with Gasteiger partial charge in [0, 0.05) is 19.9 Å². The average molecular weight is 461 g/mol. The lowest BCUT2D eigenvalue weighted by Gasteiger charge is -2.09. The summed E-state index contributed by atoms with van der Waals surface area (Å²) in [6.45, 7) is 18.3. The standard InChI is InChI=1S/C15H18N6OS.C6H14.C3H8/c1-8-11(13(16)21-15(19-8)18-6-7-22-3)14-20-12-9(2)17-5-4-10(12)23-14;1-5(2)6(3)4;1-3-2/h4-5H,6-7H2,1-3H3,(H3,16,18,19,21);5-6H,1-4H3;3H2,1-2H3.